The summed E-state index contributed by atoms with van der Waals surface area (Å²) in [7, 11) is 0. The van der Waals surface area contributed by atoms with E-state index in [1.807, 2.05) is 0 Å². The van der Waals surface area contributed by atoms with E-state index in [-0.39, 0.29) is 36.6 Å². The zero-order valence-corrected chi connectivity index (χ0v) is 26.6. The second kappa shape index (κ2) is 10.3. The lowest BCUT2D eigenvalue weighted by Crippen LogP contribution is -2.48. The SMILES string of the molecule is CC[C@@]1(O)C(=O)OCc2c1cc1n(c2=O)Cc2c-1nc1cc(F)c(C)c3c1c2[C@@H](NC(=O)[C@H]1CCCN1C(=O)OC(C)(C)C)CC3. The van der Waals surface area contributed by atoms with E-state index < -0.39 is 46.7 Å². The molecule has 2 amide bonds. The fourth-order valence-electron chi connectivity index (χ4n) is 7.55. The average molecular weight is 633 g/mol. The second-order valence-corrected chi connectivity index (χ2v) is 13.7. The maximum absolute atomic E-state index is 15.2. The number of ether oxygens (including phenoxy) is 2. The molecule has 2 aromatic heterocycles. The van der Waals surface area contributed by atoms with Crippen molar-refractivity contribution in [2.24, 2.45) is 0 Å². The molecule has 5 heterocycles. The van der Waals surface area contributed by atoms with Gasteiger partial charge in [0.2, 0.25) is 5.91 Å². The zero-order chi connectivity index (χ0) is 32.9. The van der Waals surface area contributed by atoms with E-state index in [0.717, 1.165) is 16.5 Å². The van der Waals surface area contributed by atoms with Crippen LogP contribution in [-0.2, 0) is 44.2 Å². The molecule has 3 aliphatic heterocycles. The Balaban J connectivity index is 1.35. The van der Waals surface area contributed by atoms with E-state index in [1.54, 1.807) is 45.3 Å². The number of hydrogen-bond acceptors (Lipinski definition) is 8. The molecule has 3 atom stereocenters. The molecule has 3 aromatic rings. The average Bonchev–Trinajstić information content (AvgIpc) is 3.64. The topological polar surface area (TPSA) is 140 Å². The van der Waals surface area contributed by atoms with Gasteiger partial charge in [-0.25, -0.2) is 19.0 Å². The Kier molecular flexibility index (Phi) is 6.82. The molecule has 1 aromatic carbocycles. The minimum atomic E-state index is -1.98. The Morgan fingerprint density at radius 3 is 2.67 bits per heavy atom. The van der Waals surface area contributed by atoms with Crippen LogP contribution >= 0.6 is 0 Å². The monoisotopic (exact) mass is 632 g/mol. The number of pyridine rings is 2. The van der Waals surface area contributed by atoms with Gasteiger partial charge in [-0.05, 0) is 82.6 Å². The number of amides is 2. The van der Waals surface area contributed by atoms with Crippen molar-refractivity contribution >= 4 is 28.9 Å². The molecule has 0 spiro atoms. The zero-order valence-electron chi connectivity index (χ0n) is 26.6. The van der Waals surface area contributed by atoms with Crippen LogP contribution in [0.4, 0.5) is 9.18 Å². The summed E-state index contributed by atoms with van der Waals surface area (Å²) in [6.07, 6.45) is 1.61. The molecule has 1 saturated heterocycles. The Morgan fingerprint density at radius 1 is 1.20 bits per heavy atom. The molecule has 0 bridgehead atoms. The van der Waals surface area contributed by atoms with Crippen molar-refractivity contribution in [3.63, 3.8) is 0 Å². The van der Waals surface area contributed by atoms with E-state index in [0.29, 0.717) is 60.3 Å². The first-order valence-electron chi connectivity index (χ1n) is 15.8. The van der Waals surface area contributed by atoms with Crippen LogP contribution in [0.15, 0.2) is 16.9 Å². The van der Waals surface area contributed by atoms with Gasteiger partial charge in [-0.15, -0.1) is 0 Å². The number of rotatable bonds is 3. The number of hydrogen-bond donors (Lipinski definition) is 2. The van der Waals surface area contributed by atoms with Gasteiger partial charge in [0.25, 0.3) is 5.56 Å². The van der Waals surface area contributed by atoms with Crippen LogP contribution in [0.25, 0.3) is 22.3 Å². The number of nitrogens with zero attached hydrogens (tertiary/aromatic N) is 3. The van der Waals surface area contributed by atoms with Crippen LogP contribution in [-0.4, -0.2) is 55.7 Å². The fraction of sp³-hybridized carbons (Fsp3) is 0.500. The number of aliphatic hydroxyl groups is 1. The smallest absolute Gasteiger partial charge is 0.410 e. The van der Waals surface area contributed by atoms with Crippen LogP contribution in [0, 0.1) is 12.7 Å². The highest BCUT2D eigenvalue weighted by atomic mass is 19.1. The highest BCUT2D eigenvalue weighted by Gasteiger charge is 2.46. The van der Waals surface area contributed by atoms with Gasteiger partial charge in [0.1, 0.15) is 24.1 Å². The maximum atomic E-state index is 15.2. The lowest BCUT2D eigenvalue weighted by molar-refractivity contribution is -0.172. The highest BCUT2D eigenvalue weighted by Crippen LogP contribution is 2.46. The fourth-order valence-corrected chi connectivity index (χ4v) is 7.55. The minimum Gasteiger partial charge on any atom is -0.458 e. The summed E-state index contributed by atoms with van der Waals surface area (Å²) < 4.78 is 27.5. The number of benzene rings is 1. The summed E-state index contributed by atoms with van der Waals surface area (Å²) in [5.74, 6) is -1.52. The van der Waals surface area contributed by atoms with Crippen LogP contribution in [0.5, 0.6) is 0 Å². The number of nitrogens with one attached hydrogen (secondary N) is 1. The lowest BCUT2D eigenvalue weighted by Gasteiger charge is -2.32. The van der Waals surface area contributed by atoms with Crippen molar-refractivity contribution in [1.82, 2.24) is 19.8 Å². The largest absolute Gasteiger partial charge is 0.458 e. The first kappa shape index (κ1) is 30.3. The summed E-state index contributed by atoms with van der Waals surface area (Å²) in [6.45, 7) is 9.01. The van der Waals surface area contributed by atoms with Crippen LogP contribution in [0.1, 0.15) is 92.8 Å². The molecule has 0 unspecified atom stereocenters. The number of carbonyl (C=O) groups excluding carboxylic acids is 3. The Bertz CT molecular complexity index is 1930. The van der Waals surface area contributed by atoms with Gasteiger partial charge in [-0.1, -0.05) is 6.92 Å². The quantitative estimate of drug-likeness (QED) is 0.323. The molecule has 0 radical (unpaired) electrons. The molecule has 1 aliphatic carbocycles. The van der Waals surface area contributed by atoms with E-state index in [9.17, 15) is 24.3 Å². The number of aromatic nitrogens is 2. The molecule has 12 heteroatoms. The summed E-state index contributed by atoms with van der Waals surface area (Å²) in [5.41, 5.74) is 1.34. The van der Waals surface area contributed by atoms with Crippen molar-refractivity contribution < 1.29 is 33.4 Å². The van der Waals surface area contributed by atoms with E-state index >= 15 is 4.39 Å². The number of fused-ring (bicyclic) bond motifs is 5. The number of esters is 1. The van der Waals surface area contributed by atoms with Gasteiger partial charge in [-0.3, -0.25) is 14.5 Å². The number of carbonyl (C=O) groups is 3. The van der Waals surface area contributed by atoms with E-state index in [1.165, 1.54) is 11.0 Å². The van der Waals surface area contributed by atoms with Gasteiger partial charge in [0.05, 0.1) is 35.1 Å². The third-order valence-electron chi connectivity index (χ3n) is 9.88. The summed E-state index contributed by atoms with van der Waals surface area (Å²) >= 11 is 0. The molecule has 242 valence electrons. The van der Waals surface area contributed by atoms with E-state index in [2.05, 4.69) is 5.32 Å². The van der Waals surface area contributed by atoms with Gasteiger partial charge < -0.3 is 24.5 Å². The van der Waals surface area contributed by atoms with Crippen LogP contribution < -0.4 is 10.9 Å². The van der Waals surface area contributed by atoms with Crippen molar-refractivity contribution in [2.45, 2.75) is 103 Å². The molecule has 4 aliphatic rings. The Labute approximate surface area is 264 Å². The van der Waals surface area contributed by atoms with Gasteiger partial charge >= 0.3 is 12.1 Å². The Hall–Kier alpha value is -4.32. The first-order valence-corrected chi connectivity index (χ1v) is 15.8. The van der Waals surface area contributed by atoms with Crippen molar-refractivity contribution in [2.75, 3.05) is 6.54 Å². The molecule has 2 N–H and O–H groups in total. The van der Waals surface area contributed by atoms with Gasteiger partial charge in [0.15, 0.2) is 5.60 Å². The third-order valence-corrected chi connectivity index (χ3v) is 9.88. The highest BCUT2D eigenvalue weighted by molar-refractivity contribution is 5.94. The molecule has 46 heavy (non-hydrogen) atoms. The predicted octanol–water partition coefficient (Wildman–Crippen LogP) is 4.03. The molecular formula is C34H37FN4O7. The number of aryl methyl sites for hydroxylation is 1. The summed E-state index contributed by atoms with van der Waals surface area (Å²) in [4.78, 5) is 59.7. The number of halogens is 1. The first-order chi connectivity index (χ1) is 21.7. The standard InChI is InChI=1S/C34H37FN4O7/c1-6-34(44)20-12-25-28-18(14-39(25)30(41)19(20)15-45-31(34)42)27-22(10-9-17-16(2)21(35)13-23(36-28)26(17)27)37-29(40)24-8-7-11-38(24)32(43)46-33(3,4)5/h12-13,22,24,44H,6-11,14-15H2,1-5H3,(H,37,40)/t22-,24+,34-/m0/s1. The number of cyclic esters (lactones) is 1. The van der Waals surface area contributed by atoms with Crippen LogP contribution in [0.2, 0.25) is 0 Å². The molecule has 1 fully saturated rings. The van der Waals surface area contributed by atoms with Crippen molar-refractivity contribution in [1.29, 1.82) is 0 Å². The molecule has 11 nitrogen and oxygen atoms in total. The molecule has 0 saturated carbocycles. The minimum absolute atomic E-state index is 0.00835. The summed E-state index contributed by atoms with van der Waals surface area (Å²) in [5, 5.41) is 15.2. The second-order valence-electron chi connectivity index (χ2n) is 13.7. The van der Waals surface area contributed by atoms with Gasteiger partial charge in [-0.2, -0.15) is 0 Å². The molecular weight excluding hydrogens is 595 g/mol. The van der Waals surface area contributed by atoms with Crippen LogP contribution in [0.3, 0.4) is 0 Å². The van der Waals surface area contributed by atoms with Crippen molar-refractivity contribution in [3.8, 4) is 11.4 Å². The number of likely N-dealkylation sites (tertiary alicyclic amines) is 1. The normalized spacial score (nSPS) is 23.1. The third kappa shape index (κ3) is 4.44. The van der Waals surface area contributed by atoms with E-state index in [4.69, 9.17) is 14.5 Å². The molecule has 7 rings (SSSR count). The Morgan fingerprint density at radius 2 is 1.96 bits per heavy atom. The van der Waals surface area contributed by atoms with Gasteiger partial charge in [0, 0.05) is 29.1 Å². The van der Waals surface area contributed by atoms with Crippen molar-refractivity contribution in [3.05, 3.63) is 61.7 Å². The lowest BCUT2D eigenvalue weighted by atomic mass is 9.81. The summed E-state index contributed by atoms with van der Waals surface area (Å²) in [6, 6.07) is 1.80. The predicted molar refractivity (Wildman–Crippen MR) is 164 cm³/mol. The maximum Gasteiger partial charge on any atom is 0.410 e.